The molecule has 1 nitrogen and oxygen atoms in total. The minimum absolute atomic E-state index is 0.293. The number of benzene rings is 5. The van der Waals surface area contributed by atoms with Crippen LogP contribution in [0.5, 0.6) is 0 Å². The molecule has 0 saturated carbocycles. The first-order valence-electron chi connectivity index (χ1n) is 11.3. The molecule has 0 aliphatic carbocycles. The molecule has 0 N–H and O–H groups in total. The molecule has 5 aromatic carbocycles. The van der Waals surface area contributed by atoms with Crippen LogP contribution in [0.15, 0.2) is 109 Å². The SMILES string of the molecule is c1ccc(-c2cc3c4c(c2)-n2c5ccccc5c5cccc(c52)B4c2ccccc2-3)cc1. The molecule has 0 bridgehead atoms. The molecule has 0 fully saturated rings. The fourth-order valence-corrected chi connectivity index (χ4v) is 6.15. The Bertz CT molecular complexity index is 1730. The standard InChI is InChI=1S/C30H18BN/c1-2-9-19(10-3-1)20-17-24-21-11-4-6-14-25(21)31-26-15-8-13-23-22-12-5-7-16-27(22)32(30(23)26)28(18-20)29(24)31/h1-18H. The highest BCUT2D eigenvalue weighted by atomic mass is 15.0. The van der Waals surface area contributed by atoms with Crippen LogP contribution in [0, 0.1) is 0 Å². The predicted octanol–water partition coefficient (Wildman–Crippen LogP) is 5.26. The Morgan fingerprint density at radius 2 is 1.28 bits per heavy atom. The lowest BCUT2D eigenvalue weighted by atomic mass is 9.37. The molecule has 1 aromatic heterocycles. The Hall–Kier alpha value is -4.04. The third-order valence-corrected chi connectivity index (χ3v) is 7.39. The van der Waals surface area contributed by atoms with Crippen molar-refractivity contribution in [1.29, 1.82) is 0 Å². The maximum atomic E-state index is 2.52. The first-order chi connectivity index (χ1) is 15.9. The minimum atomic E-state index is 0.293. The summed E-state index contributed by atoms with van der Waals surface area (Å²) in [7, 11) is 0. The molecule has 6 aromatic rings. The third kappa shape index (κ3) is 1.91. The molecule has 2 aliphatic rings. The van der Waals surface area contributed by atoms with Crippen molar-refractivity contribution >= 4 is 44.9 Å². The summed E-state index contributed by atoms with van der Waals surface area (Å²) in [4.78, 5) is 0. The molecule has 32 heavy (non-hydrogen) atoms. The van der Waals surface area contributed by atoms with E-state index < -0.39 is 0 Å². The highest BCUT2D eigenvalue weighted by molar-refractivity contribution is 7.01. The molecule has 2 heteroatoms. The number of hydrogen-bond acceptors (Lipinski definition) is 0. The quantitative estimate of drug-likeness (QED) is 0.330. The van der Waals surface area contributed by atoms with Crippen molar-refractivity contribution in [2.75, 3.05) is 0 Å². The summed E-state index contributed by atoms with van der Waals surface area (Å²) in [6, 6.07) is 40.3. The lowest BCUT2D eigenvalue weighted by molar-refractivity contribution is 1.19. The van der Waals surface area contributed by atoms with E-state index in [1.54, 1.807) is 0 Å². The summed E-state index contributed by atoms with van der Waals surface area (Å²) < 4.78 is 2.52. The zero-order valence-corrected chi connectivity index (χ0v) is 17.4. The van der Waals surface area contributed by atoms with Gasteiger partial charge in [-0.25, -0.2) is 0 Å². The fraction of sp³-hybridized carbons (Fsp3) is 0. The van der Waals surface area contributed by atoms with Crippen LogP contribution in [-0.4, -0.2) is 11.3 Å². The lowest BCUT2D eigenvalue weighted by Crippen LogP contribution is -2.53. The molecule has 0 unspecified atom stereocenters. The van der Waals surface area contributed by atoms with Crippen molar-refractivity contribution in [2.24, 2.45) is 0 Å². The maximum Gasteiger partial charge on any atom is 0.248 e. The largest absolute Gasteiger partial charge is 0.310 e. The van der Waals surface area contributed by atoms with E-state index in [1.807, 2.05) is 0 Å². The molecule has 0 saturated heterocycles. The predicted molar refractivity (Wildman–Crippen MR) is 136 cm³/mol. The van der Waals surface area contributed by atoms with Gasteiger partial charge < -0.3 is 4.57 Å². The van der Waals surface area contributed by atoms with Crippen molar-refractivity contribution in [1.82, 2.24) is 4.57 Å². The normalized spacial score (nSPS) is 12.9. The topological polar surface area (TPSA) is 4.93 Å². The molecular formula is C30H18BN. The summed E-state index contributed by atoms with van der Waals surface area (Å²) in [5.74, 6) is 0. The lowest BCUT2D eigenvalue weighted by Gasteiger charge is -2.25. The van der Waals surface area contributed by atoms with Gasteiger partial charge in [0.2, 0.25) is 6.71 Å². The Labute approximate surface area is 186 Å². The van der Waals surface area contributed by atoms with Crippen LogP contribution in [0.3, 0.4) is 0 Å². The number of nitrogens with zero attached hydrogens (tertiary/aromatic N) is 1. The van der Waals surface area contributed by atoms with E-state index in [0.717, 1.165) is 0 Å². The third-order valence-electron chi connectivity index (χ3n) is 7.39. The van der Waals surface area contributed by atoms with Gasteiger partial charge in [0, 0.05) is 22.0 Å². The summed E-state index contributed by atoms with van der Waals surface area (Å²) in [5, 5.41) is 2.68. The van der Waals surface area contributed by atoms with E-state index in [4.69, 9.17) is 0 Å². The van der Waals surface area contributed by atoms with Gasteiger partial charge in [0.05, 0.1) is 5.52 Å². The van der Waals surface area contributed by atoms with Crippen molar-refractivity contribution in [3.63, 3.8) is 0 Å². The zero-order chi connectivity index (χ0) is 20.8. The number of hydrogen-bond donors (Lipinski definition) is 0. The van der Waals surface area contributed by atoms with E-state index in [1.165, 1.54) is 66.1 Å². The van der Waals surface area contributed by atoms with Crippen molar-refractivity contribution in [2.45, 2.75) is 0 Å². The van der Waals surface area contributed by atoms with Crippen LogP contribution >= 0.6 is 0 Å². The van der Waals surface area contributed by atoms with Crippen LogP contribution in [0.1, 0.15) is 0 Å². The molecule has 0 atom stereocenters. The molecule has 0 spiro atoms. The average molecular weight is 403 g/mol. The van der Waals surface area contributed by atoms with Gasteiger partial charge in [-0.05, 0) is 51.4 Å². The molecule has 0 amide bonds. The van der Waals surface area contributed by atoms with Crippen LogP contribution in [0.25, 0.3) is 49.7 Å². The van der Waals surface area contributed by atoms with Crippen LogP contribution < -0.4 is 16.4 Å². The van der Waals surface area contributed by atoms with Gasteiger partial charge in [-0.1, -0.05) is 96.5 Å². The van der Waals surface area contributed by atoms with Gasteiger partial charge in [0.1, 0.15) is 0 Å². The first-order valence-corrected chi connectivity index (χ1v) is 11.3. The summed E-state index contributed by atoms with van der Waals surface area (Å²) in [6.45, 7) is 0.293. The average Bonchev–Trinajstić information content (AvgIpc) is 3.38. The molecule has 146 valence electrons. The number of aromatic nitrogens is 1. The maximum absolute atomic E-state index is 2.52. The molecule has 0 radical (unpaired) electrons. The van der Waals surface area contributed by atoms with Crippen LogP contribution in [0.2, 0.25) is 0 Å². The van der Waals surface area contributed by atoms with Gasteiger partial charge in [0.15, 0.2) is 0 Å². The molecule has 2 aliphatic heterocycles. The van der Waals surface area contributed by atoms with Gasteiger partial charge in [-0.2, -0.15) is 0 Å². The number of para-hydroxylation sites is 2. The van der Waals surface area contributed by atoms with Crippen molar-refractivity contribution < 1.29 is 0 Å². The van der Waals surface area contributed by atoms with E-state index in [9.17, 15) is 0 Å². The second-order valence-electron chi connectivity index (χ2n) is 8.94. The highest BCUT2D eigenvalue weighted by Gasteiger charge is 2.41. The zero-order valence-electron chi connectivity index (χ0n) is 17.4. The Balaban J connectivity index is 1.61. The summed E-state index contributed by atoms with van der Waals surface area (Å²) >= 11 is 0. The Morgan fingerprint density at radius 3 is 2.22 bits per heavy atom. The van der Waals surface area contributed by atoms with Crippen molar-refractivity contribution in [3.8, 4) is 27.9 Å². The first kappa shape index (κ1) is 16.6. The number of rotatable bonds is 1. The van der Waals surface area contributed by atoms with E-state index in [0.29, 0.717) is 6.71 Å². The van der Waals surface area contributed by atoms with Gasteiger partial charge >= 0.3 is 0 Å². The van der Waals surface area contributed by atoms with Gasteiger partial charge in [-0.15, -0.1) is 0 Å². The van der Waals surface area contributed by atoms with E-state index in [2.05, 4.69) is 114 Å². The van der Waals surface area contributed by atoms with Crippen LogP contribution in [0.4, 0.5) is 0 Å². The number of fused-ring (bicyclic) bond motifs is 8. The molecule has 3 heterocycles. The molecular weight excluding hydrogens is 385 g/mol. The van der Waals surface area contributed by atoms with E-state index in [-0.39, 0.29) is 0 Å². The second-order valence-corrected chi connectivity index (χ2v) is 8.94. The highest BCUT2D eigenvalue weighted by Crippen LogP contribution is 2.39. The fourth-order valence-electron chi connectivity index (χ4n) is 6.15. The van der Waals surface area contributed by atoms with Gasteiger partial charge in [-0.3, -0.25) is 0 Å². The minimum Gasteiger partial charge on any atom is -0.310 e. The second kappa shape index (κ2) is 5.80. The smallest absolute Gasteiger partial charge is 0.248 e. The summed E-state index contributed by atoms with van der Waals surface area (Å²) in [5.41, 5.74) is 13.6. The monoisotopic (exact) mass is 403 g/mol. The Kier molecular flexibility index (Phi) is 3.02. The van der Waals surface area contributed by atoms with Crippen molar-refractivity contribution in [3.05, 3.63) is 109 Å². The Morgan fingerprint density at radius 1 is 0.531 bits per heavy atom. The van der Waals surface area contributed by atoms with Crippen LogP contribution in [-0.2, 0) is 0 Å². The summed E-state index contributed by atoms with van der Waals surface area (Å²) in [6.07, 6.45) is 0. The van der Waals surface area contributed by atoms with E-state index >= 15 is 0 Å². The van der Waals surface area contributed by atoms with Gasteiger partial charge in [0.25, 0.3) is 0 Å². The molecule has 8 rings (SSSR count).